The molecule has 2 aromatic rings. The molecule has 0 bridgehead atoms. The highest BCUT2D eigenvalue weighted by Gasteiger charge is 2.12. The molecule has 19 heavy (non-hydrogen) atoms. The number of benzene rings is 1. The maximum absolute atomic E-state index is 11.9. The summed E-state index contributed by atoms with van der Waals surface area (Å²) in [5.41, 5.74) is 1.68. The molecular formula is C14H13BrN2O2. The zero-order valence-electron chi connectivity index (χ0n) is 10.4. The highest BCUT2D eigenvalue weighted by Crippen LogP contribution is 2.17. The summed E-state index contributed by atoms with van der Waals surface area (Å²) in [7, 11) is 1.66. The van der Waals surface area contributed by atoms with Gasteiger partial charge in [-0.1, -0.05) is 30.3 Å². The zero-order valence-corrected chi connectivity index (χ0v) is 12.0. The van der Waals surface area contributed by atoms with E-state index < -0.39 is 6.09 Å². The number of carbonyl (C=O) groups is 1. The number of hydrogen-bond acceptors (Lipinski definition) is 3. The van der Waals surface area contributed by atoms with Gasteiger partial charge in [-0.25, -0.2) is 9.78 Å². The van der Waals surface area contributed by atoms with Crippen molar-refractivity contribution in [1.29, 1.82) is 0 Å². The van der Waals surface area contributed by atoms with Crippen molar-refractivity contribution < 1.29 is 9.53 Å². The van der Waals surface area contributed by atoms with Crippen LogP contribution in [0.1, 0.15) is 5.56 Å². The number of anilines is 1. The summed E-state index contributed by atoms with van der Waals surface area (Å²) in [5.74, 6) is 0. The summed E-state index contributed by atoms with van der Waals surface area (Å²) in [5, 5.41) is 0. The minimum atomic E-state index is -0.401. The van der Waals surface area contributed by atoms with Crippen LogP contribution in [0.25, 0.3) is 0 Å². The Bertz CT molecular complexity index is 560. The third kappa shape index (κ3) is 3.79. The van der Waals surface area contributed by atoms with Crippen LogP contribution in [0.3, 0.4) is 0 Å². The topological polar surface area (TPSA) is 42.4 Å². The highest BCUT2D eigenvalue weighted by molar-refractivity contribution is 9.10. The van der Waals surface area contributed by atoms with Gasteiger partial charge in [-0.2, -0.15) is 0 Å². The predicted molar refractivity (Wildman–Crippen MR) is 77.0 cm³/mol. The highest BCUT2D eigenvalue weighted by atomic mass is 79.9. The van der Waals surface area contributed by atoms with Crippen molar-refractivity contribution in [1.82, 2.24) is 4.98 Å². The second-order valence-electron chi connectivity index (χ2n) is 3.94. The van der Waals surface area contributed by atoms with Crippen molar-refractivity contribution >= 4 is 27.7 Å². The molecule has 1 aromatic heterocycles. The van der Waals surface area contributed by atoms with Gasteiger partial charge in [0.2, 0.25) is 0 Å². The van der Waals surface area contributed by atoms with Gasteiger partial charge in [-0.15, -0.1) is 0 Å². The second kappa shape index (κ2) is 6.33. The van der Waals surface area contributed by atoms with Crippen LogP contribution in [0.2, 0.25) is 0 Å². The van der Waals surface area contributed by atoms with Gasteiger partial charge >= 0.3 is 6.09 Å². The van der Waals surface area contributed by atoms with Crippen molar-refractivity contribution in [2.24, 2.45) is 0 Å². The van der Waals surface area contributed by atoms with Crippen LogP contribution in [-0.2, 0) is 11.3 Å². The fourth-order valence-electron chi connectivity index (χ4n) is 1.52. The lowest BCUT2D eigenvalue weighted by Gasteiger charge is -2.17. The van der Waals surface area contributed by atoms with E-state index in [2.05, 4.69) is 20.9 Å². The van der Waals surface area contributed by atoms with Crippen molar-refractivity contribution in [2.45, 2.75) is 6.61 Å². The van der Waals surface area contributed by atoms with Gasteiger partial charge in [0.05, 0.1) is 5.69 Å². The first-order valence-electron chi connectivity index (χ1n) is 5.73. The molecule has 0 aliphatic heterocycles. The summed E-state index contributed by atoms with van der Waals surface area (Å²) < 4.78 is 5.91. The van der Waals surface area contributed by atoms with Crippen LogP contribution in [-0.4, -0.2) is 18.1 Å². The molecular weight excluding hydrogens is 308 g/mol. The normalized spacial score (nSPS) is 10.0. The van der Waals surface area contributed by atoms with E-state index >= 15 is 0 Å². The lowest BCUT2D eigenvalue weighted by atomic mass is 10.2. The number of nitrogens with zero attached hydrogens (tertiary/aromatic N) is 2. The van der Waals surface area contributed by atoms with Crippen LogP contribution in [0.4, 0.5) is 10.5 Å². The van der Waals surface area contributed by atoms with Crippen LogP contribution in [0, 0.1) is 0 Å². The Morgan fingerprint density at radius 2 is 2.05 bits per heavy atom. The number of ether oxygens (including phenoxy) is 1. The van der Waals surface area contributed by atoms with E-state index in [1.165, 1.54) is 4.90 Å². The van der Waals surface area contributed by atoms with Gasteiger partial charge in [0, 0.05) is 13.2 Å². The average molecular weight is 321 g/mol. The summed E-state index contributed by atoms with van der Waals surface area (Å²) in [6, 6.07) is 13.1. The molecule has 0 unspecified atom stereocenters. The van der Waals surface area contributed by atoms with Crippen molar-refractivity contribution in [3.05, 3.63) is 58.8 Å². The largest absolute Gasteiger partial charge is 0.444 e. The number of aromatic nitrogens is 1. The molecule has 0 atom stereocenters. The number of amides is 1. The van der Waals surface area contributed by atoms with Gasteiger partial charge < -0.3 is 4.74 Å². The molecule has 1 heterocycles. The Morgan fingerprint density at radius 3 is 2.74 bits per heavy atom. The smallest absolute Gasteiger partial charge is 0.414 e. The van der Waals surface area contributed by atoms with E-state index in [0.29, 0.717) is 4.60 Å². The maximum atomic E-state index is 11.9. The number of hydrogen-bond donors (Lipinski definition) is 0. The Morgan fingerprint density at radius 1 is 1.32 bits per heavy atom. The lowest BCUT2D eigenvalue weighted by Crippen LogP contribution is -2.26. The minimum absolute atomic E-state index is 0.260. The van der Waals surface area contributed by atoms with Gasteiger partial charge in [0.25, 0.3) is 0 Å². The van der Waals surface area contributed by atoms with E-state index in [-0.39, 0.29) is 6.61 Å². The molecule has 98 valence electrons. The molecule has 0 aliphatic carbocycles. The van der Waals surface area contributed by atoms with E-state index in [1.807, 2.05) is 30.3 Å². The summed E-state index contributed by atoms with van der Waals surface area (Å²) in [4.78, 5) is 17.3. The van der Waals surface area contributed by atoms with Gasteiger partial charge in [0.1, 0.15) is 11.2 Å². The molecule has 1 aromatic carbocycles. The number of carbonyl (C=O) groups excluding carboxylic acids is 1. The van der Waals surface area contributed by atoms with E-state index in [0.717, 1.165) is 11.3 Å². The van der Waals surface area contributed by atoms with Crippen LogP contribution < -0.4 is 4.90 Å². The molecule has 0 N–H and O–H groups in total. The van der Waals surface area contributed by atoms with Crippen LogP contribution in [0.5, 0.6) is 0 Å². The lowest BCUT2D eigenvalue weighted by molar-refractivity contribution is 0.148. The SMILES string of the molecule is CN(C(=O)OCc1ccccc1)c1ccnc(Br)c1. The van der Waals surface area contributed by atoms with Gasteiger partial charge in [-0.05, 0) is 33.6 Å². The molecule has 4 nitrogen and oxygen atoms in total. The first-order chi connectivity index (χ1) is 9.16. The molecule has 2 rings (SSSR count). The van der Waals surface area contributed by atoms with E-state index in [9.17, 15) is 4.79 Å². The fourth-order valence-corrected chi connectivity index (χ4v) is 1.88. The third-order valence-electron chi connectivity index (χ3n) is 2.58. The molecule has 5 heteroatoms. The number of pyridine rings is 1. The monoisotopic (exact) mass is 320 g/mol. The predicted octanol–water partition coefficient (Wildman–Crippen LogP) is 3.62. The standard InChI is InChI=1S/C14H13BrN2O2/c1-17(12-7-8-16-13(15)9-12)14(18)19-10-11-5-3-2-4-6-11/h2-9H,10H2,1H3. The summed E-state index contributed by atoms with van der Waals surface area (Å²) in [6.07, 6.45) is 1.22. The Balaban J connectivity index is 1.96. The van der Waals surface area contributed by atoms with Crippen molar-refractivity contribution in [3.63, 3.8) is 0 Å². The minimum Gasteiger partial charge on any atom is -0.444 e. The van der Waals surface area contributed by atoms with Crippen LogP contribution >= 0.6 is 15.9 Å². The second-order valence-corrected chi connectivity index (χ2v) is 4.75. The van der Waals surface area contributed by atoms with E-state index in [1.54, 1.807) is 25.4 Å². The molecule has 0 spiro atoms. The summed E-state index contributed by atoms with van der Waals surface area (Å²) >= 11 is 3.27. The Labute approximate surface area is 120 Å². The Hall–Kier alpha value is -1.88. The molecule has 0 saturated heterocycles. The first kappa shape index (κ1) is 13.5. The maximum Gasteiger partial charge on any atom is 0.414 e. The summed E-state index contributed by atoms with van der Waals surface area (Å²) in [6.45, 7) is 0.260. The fraction of sp³-hybridized carbons (Fsp3) is 0.143. The Kier molecular flexibility index (Phi) is 4.52. The van der Waals surface area contributed by atoms with Crippen molar-refractivity contribution in [3.8, 4) is 0 Å². The van der Waals surface area contributed by atoms with Crippen molar-refractivity contribution in [2.75, 3.05) is 11.9 Å². The molecule has 0 aliphatic rings. The van der Waals surface area contributed by atoms with Gasteiger partial charge in [0.15, 0.2) is 0 Å². The third-order valence-corrected chi connectivity index (χ3v) is 3.01. The average Bonchev–Trinajstić information content (AvgIpc) is 2.45. The van der Waals surface area contributed by atoms with Gasteiger partial charge in [-0.3, -0.25) is 4.90 Å². The zero-order chi connectivity index (χ0) is 13.7. The molecule has 0 radical (unpaired) electrons. The van der Waals surface area contributed by atoms with Crippen LogP contribution in [0.15, 0.2) is 53.3 Å². The number of halogens is 1. The number of rotatable bonds is 3. The first-order valence-corrected chi connectivity index (χ1v) is 6.52. The van der Waals surface area contributed by atoms with E-state index in [4.69, 9.17) is 4.74 Å². The molecule has 1 amide bonds. The molecule has 0 saturated carbocycles. The molecule has 0 fully saturated rings. The quantitative estimate of drug-likeness (QED) is 0.811.